The van der Waals surface area contributed by atoms with Crippen molar-refractivity contribution < 1.29 is 0 Å². The van der Waals surface area contributed by atoms with Crippen molar-refractivity contribution in [1.82, 2.24) is 0 Å². The molecule has 0 aromatic rings. The van der Waals surface area contributed by atoms with E-state index in [0.717, 1.165) is 17.9 Å². The predicted octanol–water partition coefficient (Wildman–Crippen LogP) is 3.86. The molecular formula is C8H10ClI. The van der Waals surface area contributed by atoms with E-state index in [9.17, 15) is 0 Å². The van der Waals surface area contributed by atoms with Crippen molar-refractivity contribution >= 4 is 34.2 Å². The topological polar surface area (TPSA) is 0 Å². The molecule has 0 fully saturated rings. The van der Waals surface area contributed by atoms with Gasteiger partial charge < -0.3 is 0 Å². The van der Waals surface area contributed by atoms with Crippen LogP contribution < -0.4 is 0 Å². The Morgan fingerprint density at radius 2 is 2.50 bits per heavy atom. The summed E-state index contributed by atoms with van der Waals surface area (Å²) in [5.41, 5.74) is 0. The number of hydrogen-bond donors (Lipinski definition) is 0. The minimum atomic E-state index is 0.584. The van der Waals surface area contributed by atoms with E-state index in [2.05, 4.69) is 41.7 Å². The Morgan fingerprint density at radius 3 is 3.00 bits per heavy atom. The summed E-state index contributed by atoms with van der Waals surface area (Å²) in [6, 6.07) is 0. The van der Waals surface area contributed by atoms with Gasteiger partial charge in [0.2, 0.25) is 0 Å². The lowest BCUT2D eigenvalue weighted by Crippen LogP contribution is -2.00. The van der Waals surface area contributed by atoms with Crippen LogP contribution in [0.25, 0.3) is 0 Å². The maximum atomic E-state index is 5.99. The van der Waals surface area contributed by atoms with Gasteiger partial charge in [-0.25, -0.2) is 0 Å². The SMILES string of the molecule is CCC1CC=C(I)C=C1Cl. The average molecular weight is 269 g/mol. The van der Waals surface area contributed by atoms with Crippen molar-refractivity contribution in [3.8, 4) is 0 Å². The molecule has 1 aliphatic carbocycles. The van der Waals surface area contributed by atoms with Crippen LogP contribution in [0.15, 0.2) is 20.8 Å². The largest absolute Gasteiger partial charge is 0.0888 e. The van der Waals surface area contributed by atoms with Crippen molar-refractivity contribution in [3.05, 3.63) is 20.8 Å². The number of allylic oxidation sites excluding steroid dienone is 4. The van der Waals surface area contributed by atoms with Gasteiger partial charge in [-0.2, -0.15) is 0 Å². The first-order chi connectivity index (χ1) is 4.74. The first kappa shape index (κ1) is 8.60. The van der Waals surface area contributed by atoms with Gasteiger partial charge in [-0.1, -0.05) is 24.6 Å². The summed E-state index contributed by atoms with van der Waals surface area (Å²) in [4.78, 5) is 0. The Balaban J connectivity index is 2.68. The second kappa shape index (κ2) is 3.77. The molecule has 56 valence electrons. The highest BCUT2D eigenvalue weighted by molar-refractivity contribution is 14.1. The van der Waals surface area contributed by atoms with Crippen LogP contribution >= 0.6 is 34.2 Å². The Kier molecular flexibility index (Phi) is 3.24. The van der Waals surface area contributed by atoms with Crippen LogP contribution in [-0.2, 0) is 0 Å². The van der Waals surface area contributed by atoms with Crippen LogP contribution in [0.4, 0.5) is 0 Å². The zero-order valence-electron chi connectivity index (χ0n) is 5.90. The second-order valence-electron chi connectivity index (χ2n) is 2.46. The van der Waals surface area contributed by atoms with E-state index >= 15 is 0 Å². The van der Waals surface area contributed by atoms with Crippen LogP contribution in [0.2, 0.25) is 0 Å². The van der Waals surface area contributed by atoms with Crippen LogP contribution in [0.3, 0.4) is 0 Å². The summed E-state index contributed by atoms with van der Waals surface area (Å²) in [5.74, 6) is 0.584. The van der Waals surface area contributed by atoms with Crippen molar-refractivity contribution in [1.29, 1.82) is 0 Å². The van der Waals surface area contributed by atoms with Crippen molar-refractivity contribution in [3.63, 3.8) is 0 Å². The van der Waals surface area contributed by atoms with E-state index in [4.69, 9.17) is 11.6 Å². The molecule has 0 saturated heterocycles. The normalized spacial score (nSPS) is 25.7. The van der Waals surface area contributed by atoms with E-state index in [1.165, 1.54) is 3.58 Å². The first-order valence-corrected chi connectivity index (χ1v) is 4.92. The predicted molar refractivity (Wildman–Crippen MR) is 54.4 cm³/mol. The highest BCUT2D eigenvalue weighted by atomic mass is 127. The first-order valence-electron chi connectivity index (χ1n) is 3.46. The van der Waals surface area contributed by atoms with Gasteiger partial charge in [-0.05, 0) is 47.4 Å². The summed E-state index contributed by atoms with van der Waals surface area (Å²) in [5, 5.41) is 1.02. The fourth-order valence-electron chi connectivity index (χ4n) is 1.04. The molecule has 2 heteroatoms. The molecule has 1 rings (SSSR count). The van der Waals surface area contributed by atoms with Gasteiger partial charge in [-0.3, -0.25) is 0 Å². The molecule has 1 unspecified atom stereocenters. The summed E-state index contributed by atoms with van der Waals surface area (Å²) in [6.45, 7) is 2.17. The molecule has 0 radical (unpaired) electrons. The quantitative estimate of drug-likeness (QED) is 0.634. The zero-order valence-corrected chi connectivity index (χ0v) is 8.82. The van der Waals surface area contributed by atoms with Crippen LogP contribution in [0.1, 0.15) is 19.8 Å². The summed E-state index contributed by atoms with van der Waals surface area (Å²) >= 11 is 8.29. The molecule has 0 aromatic heterocycles. The van der Waals surface area contributed by atoms with E-state index in [-0.39, 0.29) is 0 Å². The maximum absolute atomic E-state index is 5.99. The molecule has 1 atom stereocenters. The number of hydrogen-bond acceptors (Lipinski definition) is 0. The second-order valence-corrected chi connectivity index (χ2v) is 4.14. The van der Waals surface area contributed by atoms with Crippen molar-refractivity contribution in [2.24, 2.45) is 5.92 Å². The molecule has 0 N–H and O–H groups in total. The molecular weight excluding hydrogens is 258 g/mol. The van der Waals surface area contributed by atoms with Crippen LogP contribution in [-0.4, -0.2) is 0 Å². The Labute approximate surface area is 80.5 Å². The molecule has 0 heterocycles. The van der Waals surface area contributed by atoms with E-state index < -0.39 is 0 Å². The lowest BCUT2D eigenvalue weighted by Gasteiger charge is -2.15. The zero-order chi connectivity index (χ0) is 7.56. The monoisotopic (exact) mass is 268 g/mol. The fraction of sp³-hybridized carbons (Fsp3) is 0.500. The molecule has 0 spiro atoms. The minimum absolute atomic E-state index is 0.584. The van der Waals surface area contributed by atoms with Crippen molar-refractivity contribution in [2.45, 2.75) is 19.8 Å². The summed E-state index contributed by atoms with van der Waals surface area (Å²) < 4.78 is 1.27. The van der Waals surface area contributed by atoms with Gasteiger partial charge >= 0.3 is 0 Å². The highest BCUT2D eigenvalue weighted by Gasteiger charge is 2.12. The minimum Gasteiger partial charge on any atom is -0.0888 e. The number of halogens is 2. The van der Waals surface area contributed by atoms with Gasteiger partial charge in [0.25, 0.3) is 0 Å². The third kappa shape index (κ3) is 1.99. The van der Waals surface area contributed by atoms with E-state index in [0.29, 0.717) is 5.92 Å². The average Bonchev–Trinajstić information content (AvgIpc) is 1.88. The van der Waals surface area contributed by atoms with Gasteiger partial charge in [0.1, 0.15) is 0 Å². The Morgan fingerprint density at radius 1 is 1.80 bits per heavy atom. The highest BCUT2D eigenvalue weighted by Crippen LogP contribution is 2.31. The lowest BCUT2D eigenvalue weighted by atomic mass is 9.98. The van der Waals surface area contributed by atoms with Crippen molar-refractivity contribution in [2.75, 3.05) is 0 Å². The Bertz CT molecular complexity index is 182. The molecule has 1 aliphatic rings. The molecule has 0 nitrogen and oxygen atoms in total. The molecule has 0 aliphatic heterocycles. The smallest absolute Gasteiger partial charge is 0.0225 e. The molecule has 0 saturated carbocycles. The van der Waals surface area contributed by atoms with Crippen LogP contribution in [0, 0.1) is 5.92 Å². The number of rotatable bonds is 1. The van der Waals surface area contributed by atoms with Crippen LogP contribution in [0.5, 0.6) is 0 Å². The van der Waals surface area contributed by atoms with Gasteiger partial charge in [-0.15, -0.1) is 0 Å². The summed E-state index contributed by atoms with van der Waals surface area (Å²) in [7, 11) is 0. The van der Waals surface area contributed by atoms with E-state index in [1.54, 1.807) is 0 Å². The summed E-state index contributed by atoms with van der Waals surface area (Å²) in [6.07, 6.45) is 6.56. The standard InChI is InChI=1S/C8H10ClI/c1-2-6-3-4-7(10)5-8(6)9/h4-6H,2-3H2,1H3. The van der Waals surface area contributed by atoms with Gasteiger partial charge in [0, 0.05) is 8.61 Å². The fourth-order valence-corrected chi connectivity index (χ4v) is 2.17. The molecule has 0 bridgehead atoms. The van der Waals surface area contributed by atoms with Gasteiger partial charge in [0.15, 0.2) is 0 Å². The molecule has 0 amide bonds. The molecule has 0 aromatic carbocycles. The molecule has 10 heavy (non-hydrogen) atoms. The third-order valence-corrected chi connectivity index (χ3v) is 2.93. The van der Waals surface area contributed by atoms with Gasteiger partial charge in [0.05, 0.1) is 0 Å². The van der Waals surface area contributed by atoms with E-state index in [1.807, 2.05) is 0 Å². The lowest BCUT2D eigenvalue weighted by molar-refractivity contribution is 0.620. The third-order valence-electron chi connectivity index (χ3n) is 1.76. The Hall–Kier alpha value is 0.500. The maximum Gasteiger partial charge on any atom is 0.0225 e.